The van der Waals surface area contributed by atoms with Gasteiger partial charge in [-0.1, -0.05) is 30.3 Å². The molecule has 0 saturated carbocycles. The van der Waals surface area contributed by atoms with Gasteiger partial charge in [0, 0.05) is 6.42 Å². The monoisotopic (exact) mass is 355 g/mol. The Hall–Kier alpha value is -2.55. The van der Waals surface area contributed by atoms with Gasteiger partial charge in [0.15, 0.2) is 11.9 Å². The van der Waals surface area contributed by atoms with Crippen molar-refractivity contribution >= 4 is 16.9 Å². The van der Waals surface area contributed by atoms with Crippen LogP contribution in [0.5, 0.6) is 0 Å². The quantitative estimate of drug-likeness (QED) is 0.620. The minimum absolute atomic E-state index is 0.241. The summed E-state index contributed by atoms with van der Waals surface area (Å²) in [5, 5.41) is 24.7. The van der Waals surface area contributed by atoms with Gasteiger partial charge in [-0.3, -0.25) is 0 Å². The second kappa shape index (κ2) is 6.99. The molecule has 0 bridgehead atoms. The van der Waals surface area contributed by atoms with E-state index in [1.165, 1.54) is 11.9 Å². The van der Waals surface area contributed by atoms with Crippen molar-refractivity contribution in [1.82, 2.24) is 19.7 Å². The molecule has 4 rings (SSSR count). The molecule has 26 heavy (non-hydrogen) atoms. The maximum atomic E-state index is 10.0. The van der Waals surface area contributed by atoms with Crippen LogP contribution in [0.2, 0.25) is 0 Å². The number of ether oxygens (including phenoxy) is 1. The molecule has 0 spiro atoms. The maximum absolute atomic E-state index is 10.0. The number of aromatic nitrogens is 4. The Morgan fingerprint density at radius 1 is 1.19 bits per heavy atom. The van der Waals surface area contributed by atoms with Gasteiger partial charge in [0.1, 0.15) is 18.2 Å². The number of nitrogens with zero attached hydrogens (tertiary/aromatic N) is 4. The lowest BCUT2D eigenvalue weighted by Gasteiger charge is -2.12. The number of rotatable bonds is 5. The predicted molar refractivity (Wildman–Crippen MR) is 95.2 cm³/mol. The van der Waals surface area contributed by atoms with Crippen LogP contribution < -0.4 is 5.73 Å². The van der Waals surface area contributed by atoms with E-state index in [-0.39, 0.29) is 6.61 Å². The van der Waals surface area contributed by atoms with E-state index in [1.807, 2.05) is 18.2 Å². The first-order valence-corrected chi connectivity index (χ1v) is 8.63. The van der Waals surface area contributed by atoms with E-state index in [2.05, 4.69) is 27.2 Å². The van der Waals surface area contributed by atoms with Gasteiger partial charge in [-0.15, -0.1) is 0 Å². The summed E-state index contributed by atoms with van der Waals surface area (Å²) in [4.78, 5) is 8.42. The summed E-state index contributed by atoms with van der Waals surface area (Å²) in [6.45, 7) is -0.241. The third-order valence-corrected chi connectivity index (χ3v) is 4.74. The largest absolute Gasteiger partial charge is 0.394 e. The molecule has 0 aliphatic carbocycles. The van der Waals surface area contributed by atoms with E-state index >= 15 is 0 Å². The number of nitrogens with two attached hydrogens (primary N) is 1. The number of hydrogen-bond acceptors (Lipinski definition) is 7. The fourth-order valence-corrected chi connectivity index (χ4v) is 3.38. The lowest BCUT2D eigenvalue weighted by atomic mass is 10.1. The van der Waals surface area contributed by atoms with E-state index < -0.39 is 18.4 Å². The van der Waals surface area contributed by atoms with Crippen LogP contribution in [0.4, 0.5) is 5.82 Å². The van der Waals surface area contributed by atoms with Crippen LogP contribution in [-0.4, -0.2) is 48.8 Å². The molecule has 3 heterocycles. The molecule has 8 heteroatoms. The average molecular weight is 355 g/mol. The van der Waals surface area contributed by atoms with Gasteiger partial charge in [0.2, 0.25) is 0 Å². The number of anilines is 1. The number of aliphatic hydroxyl groups excluding tert-OH is 2. The summed E-state index contributed by atoms with van der Waals surface area (Å²) >= 11 is 0. The Morgan fingerprint density at radius 2 is 2.00 bits per heavy atom. The van der Waals surface area contributed by atoms with E-state index in [9.17, 15) is 10.2 Å². The van der Waals surface area contributed by atoms with E-state index in [0.29, 0.717) is 29.7 Å². The zero-order chi connectivity index (χ0) is 18.1. The first-order valence-electron chi connectivity index (χ1n) is 8.63. The number of benzene rings is 1. The van der Waals surface area contributed by atoms with Gasteiger partial charge in [0.05, 0.1) is 23.8 Å². The molecule has 3 aromatic rings. The number of aryl methyl sites for hydroxylation is 2. The molecule has 1 fully saturated rings. The molecule has 136 valence electrons. The Kier molecular flexibility index (Phi) is 4.54. The van der Waals surface area contributed by atoms with Crippen LogP contribution in [0.3, 0.4) is 0 Å². The van der Waals surface area contributed by atoms with Gasteiger partial charge in [-0.05, 0) is 18.4 Å². The minimum atomic E-state index is -0.740. The summed E-state index contributed by atoms with van der Waals surface area (Å²) in [5.74, 6) is 0.376. The van der Waals surface area contributed by atoms with Crippen LogP contribution in [-0.2, 0) is 17.6 Å². The fourth-order valence-electron chi connectivity index (χ4n) is 3.38. The standard InChI is InChI=1S/C18H21N5O3/c19-17-16-12(7-6-11-4-2-1-3-5-11)22-23(18(16)21-10-20-17)15-8-13(25)14(9-24)26-15/h1-5,10,13-15,24-25H,6-9H2,(H2,19,20,21)/t13-,14+,15+/m0/s1. The second-order valence-electron chi connectivity index (χ2n) is 6.45. The van der Waals surface area contributed by atoms with Crippen LogP contribution in [0.15, 0.2) is 36.7 Å². The lowest BCUT2D eigenvalue weighted by Crippen LogP contribution is -2.24. The third-order valence-electron chi connectivity index (χ3n) is 4.74. The Bertz CT molecular complexity index is 898. The predicted octanol–water partition coefficient (Wildman–Crippen LogP) is 0.834. The van der Waals surface area contributed by atoms with E-state index in [1.54, 1.807) is 4.68 Å². The lowest BCUT2D eigenvalue weighted by molar-refractivity contribution is -0.0471. The number of hydrogen-bond donors (Lipinski definition) is 3. The van der Waals surface area contributed by atoms with Crippen LogP contribution in [0.1, 0.15) is 23.9 Å². The van der Waals surface area contributed by atoms with Crippen LogP contribution >= 0.6 is 0 Å². The highest BCUT2D eigenvalue weighted by atomic mass is 16.5. The summed E-state index contributed by atoms with van der Waals surface area (Å²) in [6, 6.07) is 10.1. The van der Waals surface area contributed by atoms with Gasteiger partial charge < -0.3 is 20.7 Å². The van der Waals surface area contributed by atoms with Crippen molar-refractivity contribution < 1.29 is 14.9 Å². The summed E-state index contributed by atoms with van der Waals surface area (Å²) in [6.07, 6.45) is 1.38. The summed E-state index contributed by atoms with van der Waals surface area (Å²) in [5.41, 5.74) is 8.67. The first-order chi connectivity index (χ1) is 12.7. The van der Waals surface area contributed by atoms with Crippen LogP contribution in [0.25, 0.3) is 11.0 Å². The molecule has 1 aliphatic heterocycles. The number of fused-ring (bicyclic) bond motifs is 1. The molecule has 3 atom stereocenters. The van der Waals surface area contributed by atoms with Crippen molar-refractivity contribution in [2.24, 2.45) is 0 Å². The zero-order valence-corrected chi connectivity index (χ0v) is 14.2. The van der Waals surface area contributed by atoms with Crippen molar-refractivity contribution in [3.63, 3.8) is 0 Å². The molecule has 0 unspecified atom stereocenters. The minimum Gasteiger partial charge on any atom is -0.394 e. The topological polar surface area (TPSA) is 119 Å². The molecular formula is C18H21N5O3. The van der Waals surface area contributed by atoms with Crippen molar-refractivity contribution in [1.29, 1.82) is 0 Å². The molecule has 1 aliphatic rings. The van der Waals surface area contributed by atoms with Crippen molar-refractivity contribution in [2.45, 2.75) is 37.7 Å². The van der Waals surface area contributed by atoms with Gasteiger partial charge in [-0.25, -0.2) is 14.6 Å². The Labute approximate surface area is 150 Å². The average Bonchev–Trinajstić information content (AvgIpc) is 3.22. The molecule has 8 nitrogen and oxygen atoms in total. The van der Waals surface area contributed by atoms with Gasteiger partial charge in [-0.2, -0.15) is 5.10 Å². The molecular weight excluding hydrogens is 334 g/mol. The SMILES string of the molecule is Nc1ncnc2c1c(CCc1ccccc1)nn2[C@H]1C[C@H](O)[C@@H](CO)O1. The highest BCUT2D eigenvalue weighted by Crippen LogP contribution is 2.32. The molecule has 2 aromatic heterocycles. The molecule has 1 saturated heterocycles. The van der Waals surface area contributed by atoms with E-state index in [4.69, 9.17) is 10.5 Å². The number of aliphatic hydroxyl groups is 2. The molecule has 1 aromatic carbocycles. The zero-order valence-electron chi connectivity index (χ0n) is 14.2. The van der Waals surface area contributed by atoms with Gasteiger partial charge in [0.25, 0.3) is 0 Å². The third kappa shape index (κ3) is 3.03. The van der Waals surface area contributed by atoms with E-state index in [0.717, 1.165) is 12.1 Å². The smallest absolute Gasteiger partial charge is 0.166 e. The first kappa shape index (κ1) is 16.9. The normalized spacial score (nSPS) is 22.9. The Balaban J connectivity index is 1.68. The van der Waals surface area contributed by atoms with Crippen LogP contribution in [0, 0.1) is 0 Å². The maximum Gasteiger partial charge on any atom is 0.166 e. The molecule has 0 amide bonds. The molecule has 0 radical (unpaired) electrons. The number of nitrogen functional groups attached to an aromatic ring is 1. The highest BCUT2D eigenvalue weighted by molar-refractivity contribution is 5.88. The second-order valence-corrected chi connectivity index (χ2v) is 6.45. The fraction of sp³-hybridized carbons (Fsp3) is 0.389. The Morgan fingerprint density at radius 3 is 2.73 bits per heavy atom. The summed E-state index contributed by atoms with van der Waals surface area (Å²) in [7, 11) is 0. The summed E-state index contributed by atoms with van der Waals surface area (Å²) < 4.78 is 7.38. The van der Waals surface area contributed by atoms with Crippen molar-refractivity contribution in [2.75, 3.05) is 12.3 Å². The molecule has 4 N–H and O–H groups in total. The van der Waals surface area contributed by atoms with Crippen molar-refractivity contribution in [3.05, 3.63) is 47.9 Å². The van der Waals surface area contributed by atoms with Gasteiger partial charge >= 0.3 is 0 Å². The highest BCUT2D eigenvalue weighted by Gasteiger charge is 2.36. The van der Waals surface area contributed by atoms with Crippen molar-refractivity contribution in [3.8, 4) is 0 Å².